The molecule has 0 unspecified atom stereocenters. The van der Waals surface area contributed by atoms with Gasteiger partial charge in [0.25, 0.3) is 5.91 Å². The van der Waals surface area contributed by atoms with Crippen LogP contribution in [-0.2, 0) is 0 Å². The predicted octanol–water partition coefficient (Wildman–Crippen LogP) is 4.28. The molecule has 45 heavy (non-hydrogen) atoms. The van der Waals surface area contributed by atoms with Crippen molar-refractivity contribution in [3.63, 3.8) is 0 Å². The number of rotatable bonds is 7. The Morgan fingerprint density at radius 2 is 1.87 bits per heavy atom. The third kappa shape index (κ3) is 5.54. The number of hydrogen-bond donors (Lipinski definition) is 3. The molecule has 5 aromatic rings. The van der Waals surface area contributed by atoms with Crippen LogP contribution in [0.2, 0.25) is 0 Å². The van der Waals surface area contributed by atoms with Crippen LogP contribution in [0, 0.1) is 5.82 Å². The number of carbonyl (C=O) groups is 2. The molecule has 1 saturated carbocycles. The van der Waals surface area contributed by atoms with Gasteiger partial charge in [0, 0.05) is 41.9 Å². The monoisotopic (exact) mass is 612 g/mol. The first-order valence-corrected chi connectivity index (χ1v) is 14.6. The molecule has 0 bridgehead atoms. The van der Waals surface area contributed by atoms with Crippen LogP contribution in [0.25, 0.3) is 28.0 Å². The standard InChI is InChI=1S/C31H33FN10O3/c1-16(43)25-26(18-6-4-5-7-20(12-18)41(2)30(44)28-38-31(34)40-39-28)37-29-21(15-36-42(29)27(25)33)19-8-10-23(35-14-19)17-9-11-24(45-3)22(32)13-17/h8-11,13-15,18,20H,4-7,12,33H2,1-3H3,(H3,34,38,39,40)/t18-,20+/m0/s1. The van der Waals surface area contributed by atoms with Gasteiger partial charge in [-0.2, -0.15) is 9.61 Å². The van der Waals surface area contributed by atoms with E-state index in [2.05, 4.69) is 25.3 Å². The summed E-state index contributed by atoms with van der Waals surface area (Å²) in [6.45, 7) is 1.47. The van der Waals surface area contributed by atoms with E-state index in [1.54, 1.807) is 42.5 Å². The zero-order valence-corrected chi connectivity index (χ0v) is 25.1. The number of amides is 1. The fraction of sp³-hybridized carbons (Fsp3) is 0.323. The second kappa shape index (κ2) is 11.9. The van der Waals surface area contributed by atoms with Crippen molar-refractivity contribution in [2.45, 2.75) is 51.0 Å². The highest BCUT2D eigenvalue weighted by Crippen LogP contribution is 2.38. The van der Waals surface area contributed by atoms with Gasteiger partial charge in [0.15, 0.2) is 23.0 Å². The number of Topliss-reactive ketones (excluding diaryl/α,β-unsaturated/α-hetero) is 1. The van der Waals surface area contributed by atoms with Gasteiger partial charge in [0.05, 0.1) is 30.3 Å². The molecule has 13 nitrogen and oxygen atoms in total. The van der Waals surface area contributed by atoms with Crippen molar-refractivity contribution in [2.75, 3.05) is 25.6 Å². The van der Waals surface area contributed by atoms with Crippen LogP contribution < -0.4 is 16.2 Å². The molecule has 1 amide bonds. The van der Waals surface area contributed by atoms with Gasteiger partial charge < -0.3 is 26.1 Å². The zero-order valence-electron chi connectivity index (χ0n) is 25.1. The Morgan fingerprint density at radius 3 is 2.53 bits per heavy atom. The number of carbonyl (C=O) groups excluding carboxylic acids is 2. The van der Waals surface area contributed by atoms with Crippen LogP contribution in [0.15, 0.2) is 42.7 Å². The number of halogens is 1. The molecule has 1 fully saturated rings. The quantitative estimate of drug-likeness (QED) is 0.177. The van der Waals surface area contributed by atoms with Crippen LogP contribution in [0.1, 0.15) is 71.6 Å². The van der Waals surface area contributed by atoms with Crippen molar-refractivity contribution in [1.82, 2.24) is 39.7 Å². The third-order valence-corrected chi connectivity index (χ3v) is 8.44. The normalized spacial score (nSPS) is 16.8. The molecule has 0 aliphatic heterocycles. The lowest BCUT2D eigenvalue weighted by Crippen LogP contribution is -2.38. The van der Waals surface area contributed by atoms with Gasteiger partial charge in [-0.25, -0.2) is 9.37 Å². The number of ether oxygens (including phenoxy) is 1. The molecule has 14 heteroatoms. The third-order valence-electron chi connectivity index (χ3n) is 8.44. The molecule has 1 aromatic carbocycles. The predicted molar refractivity (Wildman–Crippen MR) is 165 cm³/mol. The Hall–Kier alpha value is -5.40. The first-order valence-electron chi connectivity index (χ1n) is 14.6. The molecule has 0 saturated heterocycles. The van der Waals surface area contributed by atoms with E-state index in [0.29, 0.717) is 40.1 Å². The van der Waals surface area contributed by atoms with Crippen molar-refractivity contribution in [3.05, 3.63) is 65.6 Å². The molecule has 1 aliphatic rings. The molecule has 232 valence electrons. The maximum Gasteiger partial charge on any atom is 0.291 e. The number of fused-ring (bicyclic) bond motifs is 1. The molecule has 6 rings (SSSR count). The summed E-state index contributed by atoms with van der Waals surface area (Å²) in [6, 6.07) is 8.18. The highest BCUT2D eigenvalue weighted by molar-refractivity contribution is 6.00. The maximum atomic E-state index is 14.3. The number of nitrogens with zero attached hydrogens (tertiary/aromatic N) is 7. The van der Waals surface area contributed by atoms with E-state index in [-0.39, 0.29) is 47.0 Å². The Balaban J connectivity index is 1.36. The summed E-state index contributed by atoms with van der Waals surface area (Å²) < 4.78 is 20.8. The number of H-pyrrole nitrogens is 1. The Kier molecular flexibility index (Phi) is 7.87. The minimum atomic E-state index is -0.476. The van der Waals surface area contributed by atoms with Gasteiger partial charge in [0.1, 0.15) is 5.82 Å². The van der Waals surface area contributed by atoms with Gasteiger partial charge in [-0.1, -0.05) is 18.9 Å². The Bertz CT molecular complexity index is 1900. The smallest absolute Gasteiger partial charge is 0.291 e. The molecule has 2 atom stereocenters. The molecular formula is C31H33FN10O3. The van der Waals surface area contributed by atoms with Gasteiger partial charge in [-0.3, -0.25) is 14.6 Å². The zero-order chi connectivity index (χ0) is 31.8. The van der Waals surface area contributed by atoms with E-state index in [4.69, 9.17) is 21.2 Å². The lowest BCUT2D eigenvalue weighted by Gasteiger charge is -2.29. The van der Waals surface area contributed by atoms with E-state index in [9.17, 15) is 14.0 Å². The lowest BCUT2D eigenvalue weighted by molar-refractivity contribution is 0.0701. The fourth-order valence-electron chi connectivity index (χ4n) is 6.08. The number of benzene rings is 1. The summed E-state index contributed by atoms with van der Waals surface area (Å²) in [7, 11) is 3.15. The maximum absolute atomic E-state index is 14.3. The first-order chi connectivity index (χ1) is 21.7. The number of nitrogens with one attached hydrogen (secondary N) is 1. The summed E-state index contributed by atoms with van der Waals surface area (Å²) >= 11 is 0. The summed E-state index contributed by atoms with van der Waals surface area (Å²) in [5, 5.41) is 12.0. The van der Waals surface area contributed by atoms with E-state index in [1.165, 1.54) is 24.6 Å². The molecule has 4 heterocycles. The first kappa shape index (κ1) is 29.7. The van der Waals surface area contributed by atoms with Crippen LogP contribution in [0.5, 0.6) is 5.75 Å². The average Bonchev–Trinajstić information content (AvgIpc) is 3.59. The number of anilines is 2. The van der Waals surface area contributed by atoms with E-state index >= 15 is 0 Å². The van der Waals surface area contributed by atoms with Crippen LogP contribution >= 0.6 is 0 Å². The van der Waals surface area contributed by atoms with Gasteiger partial charge in [-0.15, -0.1) is 10.2 Å². The summed E-state index contributed by atoms with van der Waals surface area (Å²) in [4.78, 5) is 40.1. The van der Waals surface area contributed by atoms with Crippen LogP contribution in [0.3, 0.4) is 0 Å². The minimum absolute atomic E-state index is 0.0700. The number of pyridine rings is 1. The van der Waals surface area contributed by atoms with Crippen molar-refractivity contribution >= 4 is 29.1 Å². The molecule has 4 aromatic heterocycles. The number of aromatic amines is 1. The number of ketones is 1. The second-order valence-electron chi connectivity index (χ2n) is 11.2. The second-order valence-corrected chi connectivity index (χ2v) is 11.2. The Morgan fingerprint density at radius 1 is 1.09 bits per heavy atom. The van der Waals surface area contributed by atoms with Gasteiger partial charge >= 0.3 is 0 Å². The SMILES string of the molecule is COc1ccc(-c2ccc(-c3cnn4c(N)c(C(C)=O)c([C@H]5CCCC[C@@H](N(C)C(=O)c6nnc(N)[nH]6)C5)nc34)cn2)cc1F. The minimum Gasteiger partial charge on any atom is -0.494 e. The number of hydrogen-bond acceptors (Lipinski definition) is 10. The largest absolute Gasteiger partial charge is 0.494 e. The van der Waals surface area contributed by atoms with Crippen molar-refractivity contribution in [3.8, 4) is 28.1 Å². The number of aromatic nitrogens is 7. The fourth-order valence-corrected chi connectivity index (χ4v) is 6.08. The van der Waals surface area contributed by atoms with E-state index in [1.807, 2.05) is 6.07 Å². The number of nitrogen functional groups attached to an aromatic ring is 2. The van der Waals surface area contributed by atoms with E-state index < -0.39 is 5.82 Å². The number of methoxy groups -OCH3 is 1. The molecule has 0 spiro atoms. The van der Waals surface area contributed by atoms with Gasteiger partial charge in [0.2, 0.25) is 11.8 Å². The molecule has 5 N–H and O–H groups in total. The van der Waals surface area contributed by atoms with Crippen molar-refractivity contribution in [1.29, 1.82) is 0 Å². The van der Waals surface area contributed by atoms with Crippen LogP contribution in [0.4, 0.5) is 16.2 Å². The lowest BCUT2D eigenvalue weighted by atomic mass is 9.89. The summed E-state index contributed by atoms with van der Waals surface area (Å²) in [5.74, 6) is -0.646. The topological polar surface area (TPSA) is 183 Å². The molecule has 1 aliphatic carbocycles. The number of nitrogens with two attached hydrogens (primary N) is 2. The summed E-state index contributed by atoms with van der Waals surface area (Å²) in [5.41, 5.74) is 16.2. The highest BCUT2D eigenvalue weighted by atomic mass is 19.1. The molecule has 0 radical (unpaired) electrons. The van der Waals surface area contributed by atoms with Crippen molar-refractivity contribution < 1.29 is 18.7 Å². The average molecular weight is 613 g/mol. The highest BCUT2D eigenvalue weighted by Gasteiger charge is 2.32. The Labute approximate surface area is 257 Å². The summed E-state index contributed by atoms with van der Waals surface area (Å²) in [6.07, 6.45) is 7.24. The van der Waals surface area contributed by atoms with Gasteiger partial charge in [-0.05, 0) is 50.5 Å². The van der Waals surface area contributed by atoms with Crippen molar-refractivity contribution in [2.24, 2.45) is 0 Å². The molecular weight excluding hydrogens is 579 g/mol. The van der Waals surface area contributed by atoms with E-state index in [0.717, 1.165) is 31.2 Å². The van der Waals surface area contributed by atoms with Crippen LogP contribution in [-0.4, -0.2) is 71.6 Å².